The molecule has 2 aliphatic heterocycles. The Labute approximate surface area is 252 Å². The van der Waals surface area contributed by atoms with Crippen LogP contribution in [-0.4, -0.2) is 44.5 Å². The lowest BCUT2D eigenvalue weighted by Gasteiger charge is -2.33. The highest BCUT2D eigenvalue weighted by molar-refractivity contribution is 6.41. The molecular formula is C33H41F4N5O. The number of likely N-dealkylation sites (tertiary alicyclic amines) is 1. The number of benzene rings is 1. The summed E-state index contributed by atoms with van der Waals surface area (Å²) in [6.07, 6.45) is 3.32. The Kier molecular flexibility index (Phi) is 12.9. The van der Waals surface area contributed by atoms with Gasteiger partial charge in [-0.15, -0.1) is 0 Å². The van der Waals surface area contributed by atoms with Gasteiger partial charge in [0.1, 0.15) is 23.3 Å². The first-order valence-electron chi connectivity index (χ1n) is 14.4. The van der Waals surface area contributed by atoms with Crippen LogP contribution < -0.4 is 0 Å². The van der Waals surface area contributed by atoms with Crippen molar-refractivity contribution in [2.75, 3.05) is 13.1 Å². The molecule has 3 heterocycles. The molecule has 232 valence electrons. The first-order chi connectivity index (χ1) is 20.5. The van der Waals surface area contributed by atoms with Crippen molar-refractivity contribution < 1.29 is 22.7 Å². The molecule has 10 heteroatoms. The molecule has 2 aliphatic rings. The smallest absolute Gasteiger partial charge is 0.204 e. The maximum absolute atomic E-state index is 14.4. The Balaban J connectivity index is 0.00000155. The Morgan fingerprint density at radius 1 is 1.05 bits per heavy atom. The van der Waals surface area contributed by atoms with E-state index in [1.54, 1.807) is 19.9 Å². The zero-order valence-electron chi connectivity index (χ0n) is 26.0. The summed E-state index contributed by atoms with van der Waals surface area (Å²) in [5, 5.41) is 11.5. The molecule has 1 saturated heterocycles. The molecule has 0 aliphatic carbocycles. The molecule has 1 unspecified atom stereocenters. The van der Waals surface area contributed by atoms with Crippen LogP contribution >= 0.6 is 0 Å². The average Bonchev–Trinajstić information content (AvgIpc) is 3.46. The standard InChI is InChI=1S/C29H29F4N5O.2C2H6/c1-6-16(2)35-18(4)28-36-17(3)26(29(39)38(28)14-20-9-22(30)11-23(31)10-20)19(5)37-8-7-21(15-37)27-25(33)12-24(32)13-34-27;2*1-2/h6,9-13,21,39H,3,5,7-8,14-15H2,1-2,4H3;2*1-2H3/b16-6-,35-18?;;. The zero-order chi connectivity index (χ0) is 32.4. The van der Waals surface area contributed by atoms with Gasteiger partial charge in [0.25, 0.3) is 0 Å². The Morgan fingerprint density at radius 3 is 2.26 bits per heavy atom. The average molecular weight is 600 g/mol. The molecule has 0 spiro atoms. The predicted molar refractivity (Wildman–Crippen MR) is 166 cm³/mol. The maximum Gasteiger partial charge on any atom is 0.204 e. The minimum atomic E-state index is -0.752. The summed E-state index contributed by atoms with van der Waals surface area (Å²) in [5.41, 5.74) is 2.43. The topological polar surface area (TPSA) is 64.3 Å². The van der Waals surface area contributed by atoms with E-state index in [2.05, 4.69) is 28.1 Å². The Hall–Kier alpha value is -4.21. The second-order valence-corrected chi connectivity index (χ2v) is 9.47. The Bertz CT molecular complexity index is 1440. The van der Waals surface area contributed by atoms with Crippen LogP contribution in [-0.2, 0) is 6.54 Å². The lowest BCUT2D eigenvalue weighted by Crippen LogP contribution is -2.39. The van der Waals surface area contributed by atoms with Crippen LogP contribution in [0.15, 0.2) is 88.2 Å². The fraction of sp³-hybridized carbons (Fsp3) is 0.364. The summed E-state index contributed by atoms with van der Waals surface area (Å²) in [6.45, 7) is 22.2. The van der Waals surface area contributed by atoms with Gasteiger partial charge in [-0.05, 0) is 44.9 Å². The molecule has 0 saturated carbocycles. The lowest BCUT2D eigenvalue weighted by atomic mass is 10.0. The van der Waals surface area contributed by atoms with Crippen LogP contribution in [0, 0.1) is 23.3 Å². The van der Waals surface area contributed by atoms with Crippen LogP contribution in [0.3, 0.4) is 0 Å². The third-order valence-electron chi connectivity index (χ3n) is 6.69. The molecule has 1 atom stereocenters. The van der Waals surface area contributed by atoms with E-state index in [0.717, 1.165) is 18.3 Å². The van der Waals surface area contributed by atoms with Crippen LogP contribution in [0.4, 0.5) is 17.6 Å². The number of aromatic nitrogens is 1. The van der Waals surface area contributed by atoms with E-state index in [9.17, 15) is 22.7 Å². The van der Waals surface area contributed by atoms with Gasteiger partial charge in [-0.25, -0.2) is 22.6 Å². The lowest BCUT2D eigenvalue weighted by molar-refractivity contribution is 0.259. The van der Waals surface area contributed by atoms with Gasteiger partial charge in [0.15, 0.2) is 5.84 Å². The van der Waals surface area contributed by atoms with Gasteiger partial charge in [0.2, 0.25) is 5.88 Å². The summed E-state index contributed by atoms with van der Waals surface area (Å²) in [4.78, 5) is 16.3. The molecule has 0 amide bonds. The van der Waals surface area contributed by atoms with E-state index in [0.29, 0.717) is 36.6 Å². The number of pyridine rings is 1. The normalized spacial score (nSPS) is 17.2. The number of nitrogens with zero attached hydrogens (tertiary/aromatic N) is 5. The van der Waals surface area contributed by atoms with Gasteiger partial charge in [-0.2, -0.15) is 0 Å². The number of rotatable bonds is 7. The number of amidine groups is 1. The van der Waals surface area contributed by atoms with Crippen molar-refractivity contribution in [3.8, 4) is 0 Å². The first kappa shape index (κ1) is 35.0. The minimum Gasteiger partial charge on any atom is -0.494 e. The molecule has 43 heavy (non-hydrogen) atoms. The third kappa shape index (κ3) is 8.43. The van der Waals surface area contributed by atoms with E-state index >= 15 is 0 Å². The van der Waals surface area contributed by atoms with Gasteiger partial charge in [-0.1, -0.05) is 46.9 Å². The number of allylic oxidation sites excluding steroid dienone is 2. The summed E-state index contributed by atoms with van der Waals surface area (Å²) in [6, 6.07) is 3.92. The zero-order valence-corrected chi connectivity index (χ0v) is 26.0. The highest BCUT2D eigenvalue weighted by Crippen LogP contribution is 2.36. The summed E-state index contributed by atoms with van der Waals surface area (Å²) in [7, 11) is 0. The second-order valence-electron chi connectivity index (χ2n) is 9.47. The molecule has 0 bridgehead atoms. The summed E-state index contributed by atoms with van der Waals surface area (Å²) in [5.74, 6) is -3.29. The third-order valence-corrected chi connectivity index (χ3v) is 6.69. The van der Waals surface area contributed by atoms with Crippen molar-refractivity contribution in [3.63, 3.8) is 0 Å². The van der Waals surface area contributed by atoms with Gasteiger partial charge in [-0.3, -0.25) is 14.9 Å². The van der Waals surface area contributed by atoms with Crippen molar-refractivity contribution >= 4 is 11.5 Å². The number of hydrogen-bond donors (Lipinski definition) is 1. The monoisotopic (exact) mass is 599 g/mol. The molecule has 6 nitrogen and oxygen atoms in total. The van der Waals surface area contributed by atoms with E-state index in [1.807, 2.05) is 39.5 Å². The van der Waals surface area contributed by atoms with E-state index in [1.165, 1.54) is 17.0 Å². The van der Waals surface area contributed by atoms with Gasteiger partial charge in [0, 0.05) is 42.5 Å². The van der Waals surface area contributed by atoms with Crippen LogP contribution in [0.5, 0.6) is 0 Å². The number of hydrogen-bond acceptors (Lipinski definition) is 6. The van der Waals surface area contributed by atoms with Crippen LogP contribution in [0.2, 0.25) is 0 Å². The maximum atomic E-state index is 14.4. The molecule has 1 fully saturated rings. The van der Waals surface area contributed by atoms with Crippen molar-refractivity contribution in [2.24, 2.45) is 9.98 Å². The molecule has 1 aromatic heterocycles. The fourth-order valence-corrected chi connectivity index (χ4v) is 4.71. The predicted octanol–water partition coefficient (Wildman–Crippen LogP) is 8.58. The molecule has 2 aromatic rings. The molecule has 0 radical (unpaired) electrons. The fourth-order valence-electron chi connectivity index (χ4n) is 4.71. The minimum absolute atomic E-state index is 0.113. The van der Waals surface area contributed by atoms with Crippen molar-refractivity contribution in [1.29, 1.82) is 0 Å². The van der Waals surface area contributed by atoms with Crippen molar-refractivity contribution in [3.05, 3.63) is 113 Å². The number of halogens is 4. The van der Waals surface area contributed by atoms with E-state index in [-0.39, 0.29) is 46.7 Å². The number of aliphatic imine (C=N–C) groups is 2. The van der Waals surface area contributed by atoms with Crippen LogP contribution in [0.1, 0.15) is 72.1 Å². The van der Waals surface area contributed by atoms with E-state index < -0.39 is 23.3 Å². The van der Waals surface area contributed by atoms with Crippen LogP contribution in [0.25, 0.3) is 0 Å². The van der Waals surface area contributed by atoms with Gasteiger partial charge >= 0.3 is 0 Å². The number of aliphatic hydroxyl groups is 1. The summed E-state index contributed by atoms with van der Waals surface area (Å²) < 4.78 is 55.6. The molecule has 4 rings (SSSR count). The molecule has 1 N–H and O–H groups in total. The highest BCUT2D eigenvalue weighted by atomic mass is 19.1. The Morgan fingerprint density at radius 2 is 1.67 bits per heavy atom. The molecule has 1 aromatic carbocycles. The SMILES string of the molecule is C=C1N=C(C(C)=N/C(C)=C\C)N(Cc2cc(F)cc(F)c2)C(O)=C1C(=C)N1CCC(c2ncc(F)cc2F)C1.CC.CC. The number of aliphatic hydroxyl groups excluding tert-OH is 1. The van der Waals surface area contributed by atoms with Gasteiger partial charge in [0.05, 0.1) is 35.4 Å². The van der Waals surface area contributed by atoms with Crippen molar-refractivity contribution in [2.45, 2.75) is 67.3 Å². The summed E-state index contributed by atoms with van der Waals surface area (Å²) >= 11 is 0. The van der Waals surface area contributed by atoms with E-state index in [4.69, 9.17) is 0 Å². The quantitative estimate of drug-likeness (QED) is 0.256. The van der Waals surface area contributed by atoms with Crippen molar-refractivity contribution in [1.82, 2.24) is 14.8 Å². The second kappa shape index (κ2) is 15.9. The largest absolute Gasteiger partial charge is 0.494 e. The van der Waals surface area contributed by atoms with Gasteiger partial charge < -0.3 is 10.0 Å². The first-order valence-corrected chi connectivity index (χ1v) is 14.4. The molecular weight excluding hydrogens is 558 g/mol. The highest BCUT2D eigenvalue weighted by Gasteiger charge is 2.34.